The van der Waals surface area contributed by atoms with Crippen molar-refractivity contribution in [3.63, 3.8) is 0 Å². The number of anilines is 2. The summed E-state index contributed by atoms with van der Waals surface area (Å²) in [4.78, 5) is 17.9. The van der Waals surface area contributed by atoms with E-state index in [0.29, 0.717) is 12.2 Å². The van der Waals surface area contributed by atoms with Crippen LogP contribution in [-0.2, 0) is 4.79 Å². The molecule has 0 bridgehead atoms. The quantitative estimate of drug-likeness (QED) is 0.865. The Morgan fingerprint density at radius 3 is 3.06 bits per heavy atom. The van der Waals surface area contributed by atoms with Gasteiger partial charge in [0.15, 0.2) is 0 Å². The lowest BCUT2D eigenvalue weighted by Gasteiger charge is -2.34. The number of nitrogens with two attached hydrogens (primary N) is 1. The van der Waals surface area contributed by atoms with E-state index in [-0.39, 0.29) is 11.8 Å². The van der Waals surface area contributed by atoms with E-state index >= 15 is 0 Å². The van der Waals surface area contributed by atoms with E-state index in [1.807, 2.05) is 0 Å². The highest BCUT2D eigenvalue weighted by Gasteiger charge is 2.27. The number of pyridine rings is 1. The highest BCUT2D eigenvalue weighted by atomic mass is 79.9. The number of carbonyl (C=O) groups is 1. The van der Waals surface area contributed by atoms with Gasteiger partial charge in [-0.05, 0) is 28.8 Å². The highest BCUT2D eigenvalue weighted by Crippen LogP contribution is 2.34. The van der Waals surface area contributed by atoms with E-state index in [9.17, 15) is 4.79 Å². The summed E-state index contributed by atoms with van der Waals surface area (Å²) < 4.78 is 0.875. The van der Waals surface area contributed by atoms with Crippen molar-refractivity contribution in [2.75, 3.05) is 30.8 Å². The smallest absolute Gasteiger partial charge is 0.224 e. The molecule has 1 unspecified atom stereocenters. The molecule has 5 nitrogen and oxygen atoms in total. The average Bonchev–Trinajstić information content (AvgIpc) is 2.38. The maximum absolute atomic E-state index is 11.7. The summed E-state index contributed by atoms with van der Waals surface area (Å²) in [6.07, 6.45) is 5.30. The summed E-state index contributed by atoms with van der Waals surface area (Å²) in [5.74, 6) is 0.131. The summed E-state index contributed by atoms with van der Waals surface area (Å²) in [5, 5.41) is 2.72. The molecular formula is C12H17BrN4O. The molecule has 2 rings (SSSR count). The number of halogens is 1. The molecule has 0 saturated carbocycles. The Labute approximate surface area is 115 Å². The van der Waals surface area contributed by atoms with Gasteiger partial charge in [0.2, 0.25) is 5.91 Å². The number of nitrogens with one attached hydrogen (secondary N) is 1. The first-order valence-corrected chi connectivity index (χ1v) is 6.78. The number of piperidine rings is 1. The minimum atomic E-state index is 0.0308. The van der Waals surface area contributed by atoms with Crippen molar-refractivity contribution in [3.8, 4) is 0 Å². The standard InChI is InChI=1S/C12H17BrN4O/c1-15-12(18)8-3-2-4-17(7-8)11-9(13)5-16-6-10(11)14/h5-6,8H,2-4,7,14H2,1H3,(H,15,18). The van der Waals surface area contributed by atoms with Crippen molar-refractivity contribution in [1.82, 2.24) is 10.3 Å². The molecule has 1 aliphatic rings. The van der Waals surface area contributed by atoms with Gasteiger partial charge in [-0.3, -0.25) is 9.78 Å². The van der Waals surface area contributed by atoms with Crippen molar-refractivity contribution in [3.05, 3.63) is 16.9 Å². The van der Waals surface area contributed by atoms with Gasteiger partial charge in [-0.15, -0.1) is 0 Å². The lowest BCUT2D eigenvalue weighted by Crippen LogP contribution is -2.42. The van der Waals surface area contributed by atoms with E-state index in [0.717, 1.165) is 29.5 Å². The van der Waals surface area contributed by atoms with Crippen molar-refractivity contribution >= 4 is 33.2 Å². The molecule has 98 valence electrons. The van der Waals surface area contributed by atoms with Gasteiger partial charge in [0.05, 0.1) is 28.0 Å². The summed E-state index contributed by atoms with van der Waals surface area (Å²) in [6.45, 7) is 1.62. The van der Waals surface area contributed by atoms with Gasteiger partial charge >= 0.3 is 0 Å². The van der Waals surface area contributed by atoms with Crippen molar-refractivity contribution in [2.24, 2.45) is 5.92 Å². The Morgan fingerprint density at radius 1 is 1.61 bits per heavy atom. The van der Waals surface area contributed by atoms with Crippen LogP contribution in [-0.4, -0.2) is 31.0 Å². The maximum atomic E-state index is 11.7. The number of rotatable bonds is 2. The minimum absolute atomic E-state index is 0.0308. The van der Waals surface area contributed by atoms with Gasteiger partial charge in [-0.2, -0.15) is 0 Å². The van der Waals surface area contributed by atoms with Crippen molar-refractivity contribution < 1.29 is 4.79 Å². The highest BCUT2D eigenvalue weighted by molar-refractivity contribution is 9.10. The van der Waals surface area contributed by atoms with Crippen LogP contribution >= 0.6 is 15.9 Å². The number of hydrogen-bond acceptors (Lipinski definition) is 4. The predicted molar refractivity (Wildman–Crippen MR) is 75.4 cm³/mol. The van der Waals surface area contributed by atoms with E-state index in [1.165, 1.54) is 0 Å². The second-order valence-electron chi connectivity index (χ2n) is 4.46. The number of carbonyl (C=O) groups excluding carboxylic acids is 1. The SMILES string of the molecule is CNC(=O)C1CCCN(c2c(N)cncc2Br)C1. The number of nitrogen functional groups attached to an aromatic ring is 1. The molecule has 0 aliphatic carbocycles. The monoisotopic (exact) mass is 312 g/mol. The first-order chi connectivity index (χ1) is 8.63. The molecule has 0 spiro atoms. The predicted octanol–water partition coefficient (Wildman–Crippen LogP) is 1.39. The zero-order chi connectivity index (χ0) is 13.1. The van der Waals surface area contributed by atoms with Gasteiger partial charge in [-0.25, -0.2) is 0 Å². The Hall–Kier alpha value is -1.30. The summed E-state index contributed by atoms with van der Waals surface area (Å²) in [5.41, 5.74) is 7.56. The second kappa shape index (κ2) is 5.56. The van der Waals surface area contributed by atoms with Crippen LogP contribution in [0.3, 0.4) is 0 Å². The minimum Gasteiger partial charge on any atom is -0.396 e. The van der Waals surface area contributed by atoms with E-state index < -0.39 is 0 Å². The van der Waals surface area contributed by atoms with Gasteiger partial charge in [0, 0.05) is 26.3 Å². The topological polar surface area (TPSA) is 71.2 Å². The first-order valence-electron chi connectivity index (χ1n) is 5.99. The van der Waals surface area contributed by atoms with Crippen molar-refractivity contribution in [2.45, 2.75) is 12.8 Å². The molecule has 1 atom stereocenters. The zero-order valence-corrected chi connectivity index (χ0v) is 11.9. The first kappa shape index (κ1) is 13.1. The number of aromatic nitrogens is 1. The van der Waals surface area contributed by atoms with Crippen LogP contribution in [0.4, 0.5) is 11.4 Å². The largest absolute Gasteiger partial charge is 0.396 e. The molecule has 1 amide bonds. The van der Waals surface area contributed by atoms with Gasteiger partial charge in [0.1, 0.15) is 0 Å². The Bertz CT molecular complexity index is 431. The van der Waals surface area contributed by atoms with Gasteiger partial charge < -0.3 is 16.0 Å². The fourth-order valence-electron chi connectivity index (χ4n) is 2.38. The lowest BCUT2D eigenvalue weighted by molar-refractivity contribution is -0.124. The Balaban J connectivity index is 2.21. The summed E-state index contributed by atoms with van der Waals surface area (Å²) >= 11 is 3.47. The normalized spacial score (nSPS) is 19.7. The third-order valence-corrected chi connectivity index (χ3v) is 3.84. The van der Waals surface area contributed by atoms with Crippen LogP contribution in [0.5, 0.6) is 0 Å². The molecule has 6 heteroatoms. The number of hydrogen-bond donors (Lipinski definition) is 2. The lowest BCUT2D eigenvalue weighted by atomic mass is 9.96. The van der Waals surface area contributed by atoms with Crippen LogP contribution in [0.25, 0.3) is 0 Å². The molecule has 18 heavy (non-hydrogen) atoms. The number of nitrogens with zero attached hydrogens (tertiary/aromatic N) is 2. The van der Waals surface area contributed by atoms with E-state index in [4.69, 9.17) is 5.73 Å². The van der Waals surface area contributed by atoms with Gasteiger partial charge in [0.25, 0.3) is 0 Å². The molecule has 0 aromatic carbocycles. The van der Waals surface area contributed by atoms with Crippen LogP contribution in [0, 0.1) is 5.92 Å². The zero-order valence-electron chi connectivity index (χ0n) is 10.3. The second-order valence-corrected chi connectivity index (χ2v) is 5.31. The molecule has 2 heterocycles. The van der Waals surface area contributed by atoms with Gasteiger partial charge in [-0.1, -0.05) is 0 Å². The average molecular weight is 313 g/mol. The molecule has 1 aromatic rings. The van der Waals surface area contributed by atoms with Crippen molar-refractivity contribution in [1.29, 1.82) is 0 Å². The molecule has 3 N–H and O–H groups in total. The Morgan fingerprint density at radius 2 is 2.39 bits per heavy atom. The summed E-state index contributed by atoms with van der Waals surface area (Å²) in [7, 11) is 1.68. The van der Waals surface area contributed by atoms with Crippen LogP contribution in [0.15, 0.2) is 16.9 Å². The molecular weight excluding hydrogens is 296 g/mol. The van der Waals surface area contributed by atoms with Crippen LogP contribution < -0.4 is 16.0 Å². The van der Waals surface area contributed by atoms with Crippen LogP contribution in [0.1, 0.15) is 12.8 Å². The third kappa shape index (κ3) is 2.58. The molecule has 1 aliphatic heterocycles. The maximum Gasteiger partial charge on any atom is 0.224 e. The Kier molecular flexibility index (Phi) is 4.06. The van der Waals surface area contributed by atoms with E-state index in [1.54, 1.807) is 19.4 Å². The van der Waals surface area contributed by atoms with E-state index in [2.05, 4.69) is 31.1 Å². The number of amides is 1. The third-order valence-electron chi connectivity index (χ3n) is 3.26. The fourth-order valence-corrected chi connectivity index (χ4v) is 2.97. The summed E-state index contributed by atoms with van der Waals surface area (Å²) in [6, 6.07) is 0. The van der Waals surface area contributed by atoms with Crippen LogP contribution in [0.2, 0.25) is 0 Å². The molecule has 1 fully saturated rings. The molecule has 1 saturated heterocycles. The molecule has 1 aromatic heterocycles. The molecule has 0 radical (unpaired) electrons. The fraction of sp³-hybridized carbons (Fsp3) is 0.500.